The molecule has 11 nitrogen and oxygen atoms in total. The number of hydrogen-bond acceptors (Lipinski definition) is 6. The van der Waals surface area contributed by atoms with Crippen molar-refractivity contribution in [3.05, 3.63) is 33.9 Å². The maximum Gasteiger partial charge on any atom is 0.309 e. The second kappa shape index (κ2) is 5.87. The van der Waals surface area contributed by atoms with Crippen LogP contribution in [0.5, 0.6) is 0 Å². The van der Waals surface area contributed by atoms with Crippen LogP contribution in [0.1, 0.15) is 29.1 Å². The van der Waals surface area contributed by atoms with Gasteiger partial charge in [0.1, 0.15) is 23.6 Å². The van der Waals surface area contributed by atoms with E-state index in [9.17, 15) is 19.7 Å². The molecule has 0 aliphatic heterocycles. The second-order valence-corrected chi connectivity index (χ2v) is 4.88. The van der Waals surface area contributed by atoms with Crippen LogP contribution in [0.2, 0.25) is 0 Å². The van der Waals surface area contributed by atoms with E-state index in [0.29, 0.717) is 0 Å². The standard InChI is InChI=1S/C12H15N7O4/c1-6-9(19(22)23)5-15-18(6)7(2)12(21)16-8-4-14-17(3)10(8)11(13)20/h4-5,7H,1-3H3,(H2,13,20)(H,16,21). The number of aromatic nitrogens is 4. The van der Waals surface area contributed by atoms with Gasteiger partial charge in [0.15, 0.2) is 0 Å². The molecule has 0 aromatic carbocycles. The van der Waals surface area contributed by atoms with E-state index in [1.54, 1.807) is 0 Å². The number of carbonyl (C=O) groups excluding carboxylic acids is 2. The largest absolute Gasteiger partial charge is 0.364 e. The molecule has 1 unspecified atom stereocenters. The summed E-state index contributed by atoms with van der Waals surface area (Å²) in [6, 6.07) is -0.829. The van der Waals surface area contributed by atoms with Crippen LogP contribution in [0, 0.1) is 17.0 Å². The zero-order valence-electron chi connectivity index (χ0n) is 12.7. The Morgan fingerprint density at radius 1 is 1.39 bits per heavy atom. The molecule has 2 heterocycles. The highest BCUT2D eigenvalue weighted by molar-refractivity contribution is 6.02. The van der Waals surface area contributed by atoms with E-state index in [-0.39, 0.29) is 22.8 Å². The van der Waals surface area contributed by atoms with Gasteiger partial charge in [0, 0.05) is 7.05 Å². The molecule has 0 spiro atoms. The number of nitrogens with one attached hydrogen (secondary N) is 1. The Hall–Kier alpha value is -3.24. The van der Waals surface area contributed by atoms with Crippen LogP contribution < -0.4 is 11.1 Å². The van der Waals surface area contributed by atoms with E-state index in [4.69, 9.17) is 5.73 Å². The lowest BCUT2D eigenvalue weighted by Gasteiger charge is -2.13. The number of primary amides is 1. The van der Waals surface area contributed by atoms with Gasteiger partial charge in [0.25, 0.3) is 5.91 Å². The molecule has 0 fully saturated rings. The van der Waals surface area contributed by atoms with E-state index >= 15 is 0 Å². The van der Waals surface area contributed by atoms with E-state index < -0.39 is 22.8 Å². The van der Waals surface area contributed by atoms with Gasteiger partial charge in [-0.1, -0.05) is 0 Å². The minimum absolute atomic E-state index is 0.0497. The zero-order chi connectivity index (χ0) is 17.3. The predicted molar refractivity (Wildman–Crippen MR) is 78.7 cm³/mol. The average Bonchev–Trinajstić information content (AvgIpc) is 3.01. The maximum atomic E-state index is 12.3. The monoisotopic (exact) mass is 321 g/mol. The number of aryl methyl sites for hydroxylation is 1. The summed E-state index contributed by atoms with van der Waals surface area (Å²) < 4.78 is 2.47. The van der Waals surface area contributed by atoms with E-state index in [0.717, 1.165) is 6.20 Å². The molecule has 0 bridgehead atoms. The molecule has 122 valence electrons. The van der Waals surface area contributed by atoms with Crippen molar-refractivity contribution in [3.63, 3.8) is 0 Å². The molecule has 0 saturated carbocycles. The van der Waals surface area contributed by atoms with Gasteiger partial charge in [0.2, 0.25) is 5.91 Å². The molecule has 0 aliphatic rings. The lowest BCUT2D eigenvalue weighted by molar-refractivity contribution is -0.385. The lowest BCUT2D eigenvalue weighted by atomic mass is 10.2. The molecule has 3 N–H and O–H groups in total. The van der Waals surface area contributed by atoms with Gasteiger partial charge >= 0.3 is 5.69 Å². The first-order valence-electron chi connectivity index (χ1n) is 6.55. The number of amides is 2. The first-order valence-corrected chi connectivity index (χ1v) is 6.55. The van der Waals surface area contributed by atoms with Crippen molar-refractivity contribution in [1.82, 2.24) is 19.6 Å². The minimum atomic E-state index is -0.829. The Labute approximate surface area is 130 Å². The quantitative estimate of drug-likeness (QED) is 0.590. The van der Waals surface area contributed by atoms with Crippen LogP contribution in [0.3, 0.4) is 0 Å². The summed E-state index contributed by atoms with van der Waals surface area (Å²) in [6.45, 7) is 3.02. The number of nitrogens with two attached hydrogens (primary N) is 1. The lowest BCUT2D eigenvalue weighted by Crippen LogP contribution is -2.27. The highest BCUT2D eigenvalue weighted by Crippen LogP contribution is 2.21. The third-order valence-electron chi connectivity index (χ3n) is 3.39. The zero-order valence-corrected chi connectivity index (χ0v) is 12.7. The van der Waals surface area contributed by atoms with Crippen molar-refractivity contribution >= 4 is 23.2 Å². The Balaban J connectivity index is 2.25. The molecule has 23 heavy (non-hydrogen) atoms. The second-order valence-electron chi connectivity index (χ2n) is 4.88. The Bertz CT molecular complexity index is 791. The Morgan fingerprint density at radius 3 is 2.57 bits per heavy atom. The first kappa shape index (κ1) is 16.1. The Morgan fingerprint density at radius 2 is 2.04 bits per heavy atom. The van der Waals surface area contributed by atoms with Crippen molar-refractivity contribution in [1.29, 1.82) is 0 Å². The number of carbonyl (C=O) groups is 2. The predicted octanol–water partition coefficient (Wildman–Crippen LogP) is 0.132. The van der Waals surface area contributed by atoms with E-state index in [1.165, 1.54) is 36.5 Å². The number of anilines is 1. The van der Waals surface area contributed by atoms with Gasteiger partial charge in [-0.05, 0) is 13.8 Å². The van der Waals surface area contributed by atoms with Gasteiger partial charge in [-0.15, -0.1) is 0 Å². The Kier molecular flexibility index (Phi) is 4.12. The molecule has 2 rings (SSSR count). The highest BCUT2D eigenvalue weighted by Gasteiger charge is 2.25. The van der Waals surface area contributed by atoms with Gasteiger partial charge < -0.3 is 11.1 Å². The number of rotatable bonds is 5. The van der Waals surface area contributed by atoms with Gasteiger partial charge in [-0.25, -0.2) is 0 Å². The highest BCUT2D eigenvalue weighted by atomic mass is 16.6. The minimum Gasteiger partial charge on any atom is -0.364 e. The molecule has 0 aliphatic carbocycles. The smallest absolute Gasteiger partial charge is 0.309 e. The van der Waals surface area contributed by atoms with Gasteiger partial charge in [0.05, 0.1) is 16.8 Å². The van der Waals surface area contributed by atoms with Crippen LogP contribution in [0.4, 0.5) is 11.4 Å². The fourth-order valence-corrected chi connectivity index (χ4v) is 2.15. The summed E-state index contributed by atoms with van der Waals surface area (Å²) in [7, 11) is 1.51. The van der Waals surface area contributed by atoms with Crippen molar-refractivity contribution in [3.8, 4) is 0 Å². The van der Waals surface area contributed by atoms with Crippen molar-refractivity contribution in [2.75, 3.05) is 5.32 Å². The maximum absolute atomic E-state index is 12.3. The third kappa shape index (κ3) is 2.88. The van der Waals surface area contributed by atoms with Gasteiger partial charge in [-0.3, -0.25) is 29.1 Å². The van der Waals surface area contributed by atoms with Crippen LogP contribution in [0.15, 0.2) is 12.4 Å². The molecular formula is C12H15N7O4. The van der Waals surface area contributed by atoms with Crippen molar-refractivity contribution < 1.29 is 14.5 Å². The number of nitro groups is 1. The summed E-state index contributed by atoms with van der Waals surface area (Å²) in [6.07, 6.45) is 2.38. The molecule has 0 saturated heterocycles. The first-order chi connectivity index (χ1) is 10.7. The van der Waals surface area contributed by atoms with Crippen LogP contribution in [0.25, 0.3) is 0 Å². The van der Waals surface area contributed by atoms with Crippen molar-refractivity contribution in [2.45, 2.75) is 19.9 Å². The third-order valence-corrected chi connectivity index (χ3v) is 3.39. The number of hydrogen-bond donors (Lipinski definition) is 2. The van der Waals surface area contributed by atoms with Crippen LogP contribution >= 0.6 is 0 Å². The molecule has 2 aromatic rings. The molecule has 0 radical (unpaired) electrons. The molecule has 2 amide bonds. The molecule has 11 heteroatoms. The topological polar surface area (TPSA) is 151 Å². The van der Waals surface area contributed by atoms with Crippen molar-refractivity contribution in [2.24, 2.45) is 12.8 Å². The van der Waals surface area contributed by atoms with E-state index in [1.807, 2.05) is 0 Å². The normalized spacial score (nSPS) is 12.0. The SMILES string of the molecule is Cc1c([N+](=O)[O-])cnn1C(C)C(=O)Nc1cnn(C)c1C(N)=O. The summed E-state index contributed by atoms with van der Waals surface area (Å²) >= 11 is 0. The molecular weight excluding hydrogens is 306 g/mol. The van der Waals surface area contributed by atoms with E-state index in [2.05, 4.69) is 15.5 Å². The molecule has 2 aromatic heterocycles. The van der Waals surface area contributed by atoms with Crippen LogP contribution in [-0.4, -0.2) is 36.3 Å². The van der Waals surface area contributed by atoms with Gasteiger partial charge in [-0.2, -0.15) is 10.2 Å². The summed E-state index contributed by atoms with van der Waals surface area (Å²) in [4.78, 5) is 33.9. The fourth-order valence-electron chi connectivity index (χ4n) is 2.15. The summed E-state index contributed by atoms with van der Waals surface area (Å²) in [5.41, 5.74) is 5.52. The fraction of sp³-hybridized carbons (Fsp3) is 0.333. The van der Waals surface area contributed by atoms with Crippen LogP contribution in [-0.2, 0) is 11.8 Å². The summed E-state index contributed by atoms with van der Waals surface area (Å²) in [5.74, 6) is -1.25. The average molecular weight is 321 g/mol. The summed E-state index contributed by atoms with van der Waals surface area (Å²) in [5, 5.41) is 21.1. The molecule has 1 atom stereocenters. The number of nitrogens with zero attached hydrogens (tertiary/aromatic N) is 5.